The molecule has 7 N–H and O–H groups in total. The van der Waals surface area contributed by atoms with E-state index in [1.807, 2.05) is 32.1 Å². The smallest absolute Gasteiger partial charge is 0.320 e. The molecule has 0 spiro atoms. The number of esters is 1. The van der Waals surface area contributed by atoms with Crippen molar-refractivity contribution in [2.24, 2.45) is 29.4 Å². The van der Waals surface area contributed by atoms with E-state index in [0.29, 0.717) is 22.9 Å². The number of ketones is 1. The highest BCUT2D eigenvalue weighted by atomic mass is 16.5. The molecule has 6 rings (SSSR count). The van der Waals surface area contributed by atoms with E-state index in [4.69, 9.17) is 10.5 Å². The Morgan fingerprint density at radius 2 is 1.98 bits per heavy atom. The van der Waals surface area contributed by atoms with Crippen LogP contribution in [0, 0.1) is 30.6 Å². The third-order valence-electron chi connectivity index (χ3n) is 10.8. The van der Waals surface area contributed by atoms with Crippen LogP contribution < -0.4 is 26.9 Å². The fourth-order valence-electron chi connectivity index (χ4n) is 8.27. The minimum Gasteiger partial charge on any atom is -0.515 e. The van der Waals surface area contributed by atoms with Gasteiger partial charge in [-0.15, -0.1) is 0 Å². The number of ether oxygens (including phenoxy) is 1. The number of hydrogen-bond donors (Lipinski definition) is 6. The molecule has 43 heavy (non-hydrogen) atoms. The Bertz CT molecular complexity index is 1720. The molecule has 0 saturated carbocycles. The average molecular weight is 586 g/mol. The third-order valence-corrected chi connectivity index (χ3v) is 10.8. The van der Waals surface area contributed by atoms with Crippen LogP contribution in [0.2, 0.25) is 0 Å². The zero-order chi connectivity index (χ0) is 31.0. The molecule has 7 atom stereocenters. The van der Waals surface area contributed by atoms with Crippen molar-refractivity contribution in [2.75, 3.05) is 7.11 Å². The van der Waals surface area contributed by atoms with E-state index in [0.717, 1.165) is 63.9 Å². The number of aromatic amines is 2. The third kappa shape index (κ3) is 3.97. The number of carbonyl (C=O) groups excluding carboxylic acids is 2. The fraction of sp³-hybridized carbons (Fsp3) is 0.471. The molecule has 3 aliphatic heterocycles. The van der Waals surface area contributed by atoms with Crippen LogP contribution in [-0.4, -0.2) is 51.6 Å². The van der Waals surface area contributed by atoms with E-state index in [1.165, 1.54) is 7.11 Å². The largest absolute Gasteiger partial charge is 0.515 e. The molecule has 2 fully saturated rings. The molecule has 0 amide bonds. The summed E-state index contributed by atoms with van der Waals surface area (Å²) in [6.45, 7) is 14.6. The predicted molar refractivity (Wildman–Crippen MR) is 168 cm³/mol. The van der Waals surface area contributed by atoms with E-state index >= 15 is 0 Å². The Hall–Kier alpha value is -3.82. The first-order chi connectivity index (χ1) is 20.5. The zero-order valence-electron chi connectivity index (χ0n) is 25.9. The van der Waals surface area contributed by atoms with Gasteiger partial charge in [0.15, 0.2) is 5.78 Å². The van der Waals surface area contributed by atoms with Gasteiger partial charge >= 0.3 is 5.97 Å². The standard InChI is InChI=1S/C34H43N5O4/c1-8-18-15(4)22-11-23-16(5)19(9-2)30(38-23)28-29(33(42)43-7)32(41)34(35)17(6)24(39-31(28)34)12-26-20(10-3)21(14-40)27(37-26)13-25(18)36-22/h8,12-14,16-17,19,23,29-30,36-40H,1,9-11,35H2,2-7H3/b21-14-,24-12-,27-13-/t16-,17?,19-,23?,29+,30?,34-/m0/s1. The minimum absolute atomic E-state index is 0.0824. The molecule has 9 heteroatoms. The monoisotopic (exact) mass is 585 g/mol. The summed E-state index contributed by atoms with van der Waals surface area (Å²) < 4.78 is 5.21. The van der Waals surface area contributed by atoms with Crippen LogP contribution in [0.1, 0.15) is 67.9 Å². The second-order valence-electron chi connectivity index (χ2n) is 12.6. The van der Waals surface area contributed by atoms with E-state index < -0.39 is 23.3 Å². The zero-order valence-corrected chi connectivity index (χ0v) is 25.9. The highest BCUT2D eigenvalue weighted by Crippen LogP contribution is 2.50. The normalized spacial score (nSPS) is 33.7. The topological polar surface area (TPSA) is 145 Å². The quantitative estimate of drug-likeness (QED) is 0.239. The molecule has 2 aromatic rings. The van der Waals surface area contributed by atoms with Crippen LogP contribution in [0.15, 0.2) is 23.5 Å². The van der Waals surface area contributed by atoms with Crippen LogP contribution in [-0.2, 0) is 27.2 Å². The fourth-order valence-corrected chi connectivity index (χ4v) is 8.27. The molecule has 0 aromatic carbocycles. The Morgan fingerprint density at radius 1 is 1.23 bits per heavy atom. The first-order valence-electron chi connectivity index (χ1n) is 15.4. The molecule has 4 aliphatic rings. The second-order valence-corrected chi connectivity index (χ2v) is 12.6. The van der Waals surface area contributed by atoms with Crippen molar-refractivity contribution in [3.8, 4) is 0 Å². The number of aromatic nitrogens is 2. The van der Waals surface area contributed by atoms with E-state index in [2.05, 4.69) is 48.0 Å². The van der Waals surface area contributed by atoms with Gasteiger partial charge in [0.05, 0.1) is 18.7 Å². The molecule has 2 saturated heterocycles. The van der Waals surface area contributed by atoms with Gasteiger partial charge in [-0.25, -0.2) is 0 Å². The summed E-state index contributed by atoms with van der Waals surface area (Å²) in [6.07, 6.45) is 9.30. The molecule has 0 radical (unpaired) electrons. The first-order valence-corrected chi connectivity index (χ1v) is 15.4. The van der Waals surface area contributed by atoms with Crippen LogP contribution >= 0.6 is 0 Å². The Kier molecular flexibility index (Phi) is 7.09. The van der Waals surface area contributed by atoms with Crippen molar-refractivity contribution < 1.29 is 19.4 Å². The molecule has 1 aliphatic carbocycles. The van der Waals surface area contributed by atoms with Crippen molar-refractivity contribution in [1.29, 1.82) is 0 Å². The van der Waals surface area contributed by atoms with Gasteiger partial charge in [0.1, 0.15) is 11.5 Å². The number of rotatable bonds is 4. The maximum absolute atomic E-state index is 14.2. The summed E-state index contributed by atoms with van der Waals surface area (Å²) in [5, 5.41) is 19.2. The van der Waals surface area contributed by atoms with Gasteiger partial charge < -0.3 is 36.2 Å². The number of hydrogen-bond acceptors (Lipinski definition) is 7. The van der Waals surface area contributed by atoms with Crippen molar-refractivity contribution in [2.45, 2.75) is 71.5 Å². The number of nitrogens with one attached hydrogen (secondary N) is 4. The highest BCUT2D eigenvalue weighted by Gasteiger charge is 2.63. The number of nitrogens with two attached hydrogens (primary N) is 1. The van der Waals surface area contributed by atoms with E-state index in [-0.39, 0.29) is 29.7 Å². The van der Waals surface area contributed by atoms with E-state index in [9.17, 15) is 14.7 Å². The maximum atomic E-state index is 14.2. The van der Waals surface area contributed by atoms with Gasteiger partial charge in [-0.05, 0) is 54.0 Å². The lowest BCUT2D eigenvalue weighted by Gasteiger charge is -2.26. The van der Waals surface area contributed by atoms with Gasteiger partial charge in [0, 0.05) is 63.7 Å². The molecule has 5 heterocycles. The number of H-pyrrole nitrogens is 2. The van der Waals surface area contributed by atoms with E-state index in [1.54, 1.807) is 0 Å². The summed E-state index contributed by atoms with van der Waals surface area (Å²) in [5.74, 6) is -1.97. The van der Waals surface area contributed by atoms with Crippen LogP contribution in [0.3, 0.4) is 0 Å². The second kappa shape index (κ2) is 10.4. The number of fused-ring (bicyclic) bond motifs is 8. The number of aliphatic hydroxyl groups is 1. The first kappa shape index (κ1) is 29.3. The lowest BCUT2D eigenvalue weighted by Crippen LogP contribution is -2.52. The lowest BCUT2D eigenvalue weighted by molar-refractivity contribution is -0.148. The number of Topliss-reactive ketones (excluding diaryl/α,β-unsaturated/α-hetero) is 1. The maximum Gasteiger partial charge on any atom is 0.320 e. The van der Waals surface area contributed by atoms with Gasteiger partial charge in [0.25, 0.3) is 0 Å². The molecule has 3 unspecified atom stereocenters. The molecular weight excluding hydrogens is 542 g/mol. The van der Waals surface area contributed by atoms with Gasteiger partial charge in [0.2, 0.25) is 0 Å². The van der Waals surface area contributed by atoms with Gasteiger partial charge in [-0.3, -0.25) is 9.59 Å². The van der Waals surface area contributed by atoms with Crippen molar-refractivity contribution in [3.05, 3.63) is 67.9 Å². The minimum atomic E-state index is -1.39. The Labute approximate surface area is 252 Å². The molecular formula is C34H43N5O4. The average Bonchev–Trinajstić information content (AvgIpc) is 3.71. The predicted octanol–water partition coefficient (Wildman–Crippen LogP) is 2.44. The van der Waals surface area contributed by atoms with Crippen LogP contribution in [0.5, 0.6) is 0 Å². The Balaban J connectivity index is 1.67. The van der Waals surface area contributed by atoms with Crippen molar-refractivity contribution in [1.82, 2.24) is 20.6 Å². The van der Waals surface area contributed by atoms with Gasteiger partial charge in [-0.1, -0.05) is 46.8 Å². The number of methoxy groups -OCH3 is 1. The molecule has 2 aromatic heterocycles. The van der Waals surface area contributed by atoms with Crippen molar-refractivity contribution in [3.63, 3.8) is 0 Å². The highest BCUT2D eigenvalue weighted by molar-refractivity contribution is 6.12. The summed E-state index contributed by atoms with van der Waals surface area (Å²) in [6, 6.07) is -0.150. The van der Waals surface area contributed by atoms with Gasteiger partial charge in [-0.2, -0.15) is 0 Å². The van der Waals surface area contributed by atoms with Crippen LogP contribution in [0.25, 0.3) is 24.5 Å². The van der Waals surface area contributed by atoms with Crippen molar-refractivity contribution >= 4 is 36.2 Å². The summed E-state index contributed by atoms with van der Waals surface area (Å²) in [4.78, 5) is 34.7. The van der Waals surface area contributed by atoms with Crippen LogP contribution in [0.4, 0.5) is 0 Å². The Morgan fingerprint density at radius 3 is 2.60 bits per heavy atom. The molecule has 228 valence electrons. The summed E-state index contributed by atoms with van der Waals surface area (Å²) >= 11 is 0. The number of aliphatic hydroxyl groups excluding tert-OH is 1. The molecule has 8 bridgehead atoms. The number of carbonyl (C=O) groups is 2. The lowest BCUT2D eigenvalue weighted by atomic mass is 9.79. The summed E-state index contributed by atoms with van der Waals surface area (Å²) in [5.41, 5.74) is 13.7. The SMILES string of the molecule is C=Cc1c2[nH]c(c1C)CC1NC(C3=C4N/C(=C\c5[nH]c(/c(=C\O)c5CC)=C\2)C(C)[C@@]4(N)C(=O)[C@@H]3C(=O)OC)[C@@H](CC)[C@@H]1C. The molecule has 9 nitrogen and oxygen atoms in total. The summed E-state index contributed by atoms with van der Waals surface area (Å²) in [7, 11) is 1.32.